The first kappa shape index (κ1) is 18.0. The van der Waals surface area contributed by atoms with Crippen molar-refractivity contribution in [2.75, 3.05) is 0 Å². The number of alkyl halides is 4. The number of rotatable bonds is 3. The molecule has 0 aliphatic heterocycles. The molecule has 2 rings (SSSR count). The van der Waals surface area contributed by atoms with E-state index in [1.165, 1.54) is 12.1 Å². The predicted octanol–water partition coefficient (Wildman–Crippen LogP) is 6.28. The van der Waals surface area contributed by atoms with Crippen LogP contribution >= 0.6 is 22.6 Å². The summed E-state index contributed by atoms with van der Waals surface area (Å²) in [5.41, 5.74) is 0.940. The van der Waals surface area contributed by atoms with E-state index in [0.29, 0.717) is 26.7 Å². The standard InChI is InChI=1S/C17H15F4IO/c1-9(2)13-6-14(16(23)7-15(13)18)12-4-3-11(17(19,20)21)5-10(12)8-22/h3-7,9,23H,8H2,1-2H3. The van der Waals surface area contributed by atoms with E-state index in [1.807, 2.05) is 36.4 Å². The predicted molar refractivity (Wildman–Crippen MR) is 90.3 cm³/mol. The van der Waals surface area contributed by atoms with Gasteiger partial charge in [0, 0.05) is 16.1 Å². The molecule has 124 valence electrons. The molecule has 1 nitrogen and oxygen atoms in total. The maximum absolute atomic E-state index is 13.9. The second-order valence-corrected chi connectivity index (χ2v) is 6.31. The third-order valence-electron chi connectivity index (χ3n) is 3.60. The third-order valence-corrected chi connectivity index (χ3v) is 4.43. The van der Waals surface area contributed by atoms with Gasteiger partial charge in [-0.15, -0.1) is 0 Å². The lowest BCUT2D eigenvalue weighted by atomic mass is 9.93. The van der Waals surface area contributed by atoms with Crippen LogP contribution in [0, 0.1) is 5.82 Å². The quantitative estimate of drug-likeness (QED) is 0.340. The van der Waals surface area contributed by atoms with Crippen LogP contribution in [0.25, 0.3) is 11.1 Å². The summed E-state index contributed by atoms with van der Waals surface area (Å²) >= 11 is 1.97. The highest BCUT2D eigenvalue weighted by molar-refractivity contribution is 14.1. The van der Waals surface area contributed by atoms with Gasteiger partial charge in [0.2, 0.25) is 0 Å². The van der Waals surface area contributed by atoms with Crippen LogP contribution in [0.3, 0.4) is 0 Å². The average molecular weight is 438 g/mol. The zero-order valence-electron chi connectivity index (χ0n) is 12.5. The summed E-state index contributed by atoms with van der Waals surface area (Å²) in [7, 11) is 0. The Morgan fingerprint density at radius 1 is 1.09 bits per heavy atom. The molecule has 0 aromatic heterocycles. The van der Waals surface area contributed by atoms with Crippen LogP contribution in [0.2, 0.25) is 0 Å². The van der Waals surface area contributed by atoms with E-state index in [-0.39, 0.29) is 11.7 Å². The fourth-order valence-electron chi connectivity index (χ4n) is 2.38. The molecule has 0 aliphatic carbocycles. The van der Waals surface area contributed by atoms with Gasteiger partial charge in [0.1, 0.15) is 11.6 Å². The molecule has 0 radical (unpaired) electrons. The molecule has 0 saturated heterocycles. The maximum Gasteiger partial charge on any atom is 0.416 e. The number of hydrogen-bond donors (Lipinski definition) is 1. The van der Waals surface area contributed by atoms with Crippen molar-refractivity contribution in [2.24, 2.45) is 0 Å². The first-order valence-corrected chi connectivity index (χ1v) is 8.46. The van der Waals surface area contributed by atoms with Gasteiger partial charge in [0.15, 0.2) is 0 Å². The molecule has 23 heavy (non-hydrogen) atoms. The fourth-order valence-corrected chi connectivity index (χ4v) is 3.01. The monoisotopic (exact) mass is 438 g/mol. The minimum Gasteiger partial charge on any atom is -0.507 e. The van der Waals surface area contributed by atoms with Crippen LogP contribution in [0.5, 0.6) is 5.75 Å². The highest BCUT2D eigenvalue weighted by Crippen LogP contribution is 2.39. The molecule has 0 fully saturated rings. The van der Waals surface area contributed by atoms with Gasteiger partial charge in [-0.25, -0.2) is 4.39 Å². The number of phenolic OH excluding ortho intramolecular Hbond substituents is 1. The molecule has 0 spiro atoms. The Kier molecular flexibility index (Phi) is 5.23. The van der Waals surface area contributed by atoms with Gasteiger partial charge in [-0.1, -0.05) is 42.5 Å². The van der Waals surface area contributed by atoms with E-state index in [9.17, 15) is 22.7 Å². The lowest BCUT2D eigenvalue weighted by Gasteiger charge is -2.16. The van der Waals surface area contributed by atoms with Crippen LogP contribution in [-0.2, 0) is 10.6 Å². The number of hydrogen-bond acceptors (Lipinski definition) is 1. The van der Waals surface area contributed by atoms with Crippen molar-refractivity contribution in [1.82, 2.24) is 0 Å². The van der Waals surface area contributed by atoms with E-state index in [2.05, 4.69) is 0 Å². The molecular formula is C17H15F4IO. The molecule has 0 unspecified atom stereocenters. The van der Waals surface area contributed by atoms with Gasteiger partial charge < -0.3 is 5.11 Å². The Morgan fingerprint density at radius 3 is 2.26 bits per heavy atom. The van der Waals surface area contributed by atoms with Crippen LogP contribution in [-0.4, -0.2) is 5.11 Å². The molecule has 0 amide bonds. The summed E-state index contributed by atoms with van der Waals surface area (Å²) < 4.78 is 52.7. The van der Waals surface area contributed by atoms with Gasteiger partial charge >= 0.3 is 6.18 Å². The Hall–Kier alpha value is -1.31. The molecule has 0 aliphatic rings. The molecular weight excluding hydrogens is 423 g/mol. The first-order valence-electron chi connectivity index (χ1n) is 6.94. The van der Waals surface area contributed by atoms with E-state index in [4.69, 9.17) is 0 Å². The molecule has 1 N–H and O–H groups in total. The summed E-state index contributed by atoms with van der Waals surface area (Å²) in [6.07, 6.45) is -4.42. The number of phenols is 1. The van der Waals surface area contributed by atoms with Crippen LogP contribution in [0.15, 0.2) is 30.3 Å². The SMILES string of the molecule is CC(C)c1cc(-c2ccc(C(F)(F)F)cc2CI)c(O)cc1F. The normalized spacial score (nSPS) is 12.0. The minimum atomic E-state index is -4.42. The van der Waals surface area contributed by atoms with Crippen molar-refractivity contribution < 1.29 is 22.7 Å². The van der Waals surface area contributed by atoms with E-state index >= 15 is 0 Å². The zero-order chi connectivity index (χ0) is 17.4. The summed E-state index contributed by atoms with van der Waals surface area (Å²) in [6, 6.07) is 5.89. The lowest BCUT2D eigenvalue weighted by molar-refractivity contribution is -0.137. The van der Waals surface area contributed by atoms with Crippen LogP contribution < -0.4 is 0 Å². The van der Waals surface area contributed by atoms with Crippen molar-refractivity contribution in [3.8, 4) is 16.9 Å². The molecule has 2 aromatic carbocycles. The van der Waals surface area contributed by atoms with E-state index in [0.717, 1.165) is 18.2 Å². The maximum atomic E-state index is 13.9. The van der Waals surface area contributed by atoms with E-state index in [1.54, 1.807) is 0 Å². The lowest BCUT2D eigenvalue weighted by Crippen LogP contribution is -2.06. The van der Waals surface area contributed by atoms with Gasteiger partial charge in [0.25, 0.3) is 0 Å². The first-order chi connectivity index (χ1) is 10.6. The Labute approximate surface area is 145 Å². The molecule has 0 heterocycles. The topological polar surface area (TPSA) is 20.2 Å². The van der Waals surface area contributed by atoms with Crippen molar-refractivity contribution in [1.29, 1.82) is 0 Å². The van der Waals surface area contributed by atoms with Gasteiger partial charge in [-0.2, -0.15) is 13.2 Å². The van der Waals surface area contributed by atoms with Gasteiger partial charge in [-0.3, -0.25) is 0 Å². The second-order valence-electron chi connectivity index (χ2n) is 5.55. The fraction of sp³-hybridized carbons (Fsp3) is 0.294. The van der Waals surface area contributed by atoms with Gasteiger partial charge in [0.05, 0.1) is 5.56 Å². The highest BCUT2D eigenvalue weighted by Gasteiger charge is 2.31. The van der Waals surface area contributed by atoms with Gasteiger partial charge in [-0.05, 0) is 40.8 Å². The van der Waals surface area contributed by atoms with Crippen molar-refractivity contribution in [2.45, 2.75) is 30.4 Å². The zero-order valence-corrected chi connectivity index (χ0v) is 14.7. The largest absolute Gasteiger partial charge is 0.507 e. The summed E-state index contributed by atoms with van der Waals surface area (Å²) in [6.45, 7) is 3.62. The summed E-state index contributed by atoms with van der Waals surface area (Å²) in [4.78, 5) is 0. The van der Waals surface area contributed by atoms with Crippen LogP contribution in [0.1, 0.15) is 36.5 Å². The summed E-state index contributed by atoms with van der Waals surface area (Å²) in [5, 5.41) is 10.0. The average Bonchev–Trinajstić information content (AvgIpc) is 2.45. The smallest absolute Gasteiger partial charge is 0.416 e. The Morgan fingerprint density at radius 2 is 1.74 bits per heavy atom. The molecule has 6 heteroatoms. The Bertz CT molecular complexity index is 723. The molecule has 0 atom stereocenters. The van der Waals surface area contributed by atoms with Crippen molar-refractivity contribution in [3.63, 3.8) is 0 Å². The number of aromatic hydroxyl groups is 1. The highest BCUT2D eigenvalue weighted by atomic mass is 127. The second kappa shape index (κ2) is 6.67. The van der Waals surface area contributed by atoms with Crippen molar-refractivity contribution in [3.05, 3.63) is 52.8 Å². The third kappa shape index (κ3) is 3.79. The van der Waals surface area contributed by atoms with Crippen molar-refractivity contribution >= 4 is 22.6 Å². The molecule has 2 aromatic rings. The Balaban J connectivity index is 2.65. The number of benzene rings is 2. The molecule has 0 saturated carbocycles. The summed E-state index contributed by atoms with van der Waals surface area (Å²) in [5.74, 6) is -0.909. The number of halogens is 5. The van der Waals surface area contributed by atoms with E-state index < -0.39 is 17.6 Å². The minimum absolute atomic E-state index is 0.105. The van der Waals surface area contributed by atoms with Crippen LogP contribution in [0.4, 0.5) is 17.6 Å². The molecule has 0 bridgehead atoms.